The molecule has 1 rings (SSSR count). The van der Waals surface area contributed by atoms with Gasteiger partial charge in [-0.15, -0.1) is 6.42 Å². The van der Waals surface area contributed by atoms with Crippen molar-refractivity contribution in [3.8, 4) is 12.3 Å². The standard InChI is InChI=1S/C12H9NO3/c1-2-9-5-3-4-6-10(9)13-11(14)7-8-12(15)16/h1,3-8H,(H,13,14)(H,15,16)/b8-7-. The lowest BCUT2D eigenvalue weighted by atomic mass is 10.2. The number of anilines is 1. The van der Waals surface area contributed by atoms with Crippen molar-refractivity contribution in [3.63, 3.8) is 0 Å². The molecule has 0 radical (unpaired) electrons. The molecular formula is C12H9NO3. The molecule has 0 aromatic heterocycles. The van der Waals surface area contributed by atoms with Crippen molar-refractivity contribution in [1.29, 1.82) is 0 Å². The number of carbonyl (C=O) groups excluding carboxylic acids is 1. The number of hydrogen-bond acceptors (Lipinski definition) is 2. The average Bonchev–Trinajstić information content (AvgIpc) is 2.27. The molecule has 0 atom stereocenters. The lowest BCUT2D eigenvalue weighted by Crippen LogP contribution is -2.09. The van der Waals surface area contributed by atoms with Gasteiger partial charge < -0.3 is 10.4 Å². The molecule has 1 aromatic rings. The maximum atomic E-state index is 11.3. The molecule has 1 aromatic carbocycles. The van der Waals surface area contributed by atoms with E-state index >= 15 is 0 Å². The Bertz CT molecular complexity index is 483. The van der Waals surface area contributed by atoms with E-state index in [9.17, 15) is 9.59 Å². The van der Waals surface area contributed by atoms with Crippen LogP contribution in [0.2, 0.25) is 0 Å². The second-order valence-electron chi connectivity index (χ2n) is 2.85. The SMILES string of the molecule is C#Cc1ccccc1NC(=O)/C=C\C(=O)O. The van der Waals surface area contributed by atoms with E-state index in [1.54, 1.807) is 24.3 Å². The second kappa shape index (κ2) is 5.37. The molecule has 0 heterocycles. The van der Waals surface area contributed by atoms with Gasteiger partial charge in [-0.2, -0.15) is 0 Å². The van der Waals surface area contributed by atoms with Gasteiger partial charge in [-0.1, -0.05) is 18.1 Å². The van der Waals surface area contributed by atoms with Gasteiger partial charge in [0, 0.05) is 17.7 Å². The van der Waals surface area contributed by atoms with E-state index < -0.39 is 11.9 Å². The Labute approximate surface area is 92.6 Å². The fourth-order valence-electron chi connectivity index (χ4n) is 1.04. The molecule has 0 spiro atoms. The molecule has 0 aliphatic heterocycles. The van der Waals surface area contributed by atoms with Crippen LogP contribution in [0.4, 0.5) is 5.69 Å². The zero-order valence-corrected chi connectivity index (χ0v) is 8.31. The van der Waals surface area contributed by atoms with Crippen LogP contribution < -0.4 is 5.32 Å². The smallest absolute Gasteiger partial charge is 0.328 e. The summed E-state index contributed by atoms with van der Waals surface area (Å²) in [6, 6.07) is 6.79. The van der Waals surface area contributed by atoms with Gasteiger partial charge >= 0.3 is 5.97 Å². The topological polar surface area (TPSA) is 66.4 Å². The Kier molecular flexibility index (Phi) is 3.87. The van der Waals surface area contributed by atoms with Crippen molar-refractivity contribution in [1.82, 2.24) is 0 Å². The minimum Gasteiger partial charge on any atom is -0.478 e. The maximum Gasteiger partial charge on any atom is 0.328 e. The zero-order chi connectivity index (χ0) is 12.0. The Hall–Kier alpha value is -2.54. The number of carbonyl (C=O) groups is 2. The van der Waals surface area contributed by atoms with Gasteiger partial charge in [0.25, 0.3) is 0 Å². The van der Waals surface area contributed by atoms with Crippen molar-refractivity contribution in [2.45, 2.75) is 0 Å². The van der Waals surface area contributed by atoms with Gasteiger partial charge in [-0.25, -0.2) is 4.79 Å². The number of terminal acetylenes is 1. The highest BCUT2D eigenvalue weighted by molar-refractivity contribution is 6.02. The summed E-state index contributed by atoms with van der Waals surface area (Å²) >= 11 is 0. The van der Waals surface area contributed by atoms with Crippen molar-refractivity contribution < 1.29 is 14.7 Å². The van der Waals surface area contributed by atoms with Crippen LogP contribution in [0, 0.1) is 12.3 Å². The molecule has 0 fully saturated rings. The first-order valence-corrected chi connectivity index (χ1v) is 4.41. The molecule has 0 saturated carbocycles. The molecule has 16 heavy (non-hydrogen) atoms. The first-order valence-electron chi connectivity index (χ1n) is 4.41. The van der Waals surface area contributed by atoms with Crippen LogP contribution in [0.3, 0.4) is 0 Å². The molecule has 4 nitrogen and oxygen atoms in total. The molecule has 0 aliphatic rings. The summed E-state index contributed by atoms with van der Waals surface area (Å²) < 4.78 is 0. The lowest BCUT2D eigenvalue weighted by molar-refractivity contribution is -0.131. The quantitative estimate of drug-likeness (QED) is 0.589. The molecule has 0 unspecified atom stereocenters. The fraction of sp³-hybridized carbons (Fsp3) is 0. The second-order valence-corrected chi connectivity index (χ2v) is 2.85. The van der Waals surface area contributed by atoms with E-state index in [1.165, 1.54) is 0 Å². The number of rotatable bonds is 3. The predicted molar refractivity (Wildman–Crippen MR) is 59.8 cm³/mol. The monoisotopic (exact) mass is 215 g/mol. The van der Waals surface area contributed by atoms with Crippen LogP contribution in [0.15, 0.2) is 36.4 Å². The van der Waals surface area contributed by atoms with Crippen LogP contribution in [-0.4, -0.2) is 17.0 Å². The van der Waals surface area contributed by atoms with Crippen LogP contribution in [0.1, 0.15) is 5.56 Å². The third-order valence-corrected chi connectivity index (χ3v) is 1.72. The molecule has 0 aliphatic carbocycles. The van der Waals surface area contributed by atoms with Crippen molar-refractivity contribution in [2.75, 3.05) is 5.32 Å². The third-order valence-electron chi connectivity index (χ3n) is 1.72. The van der Waals surface area contributed by atoms with E-state index in [1.807, 2.05) is 0 Å². The third kappa shape index (κ3) is 3.31. The van der Waals surface area contributed by atoms with Crippen LogP contribution in [0.25, 0.3) is 0 Å². The summed E-state index contributed by atoms with van der Waals surface area (Å²) in [6.07, 6.45) is 6.92. The van der Waals surface area contributed by atoms with Crippen LogP contribution in [-0.2, 0) is 9.59 Å². The van der Waals surface area contributed by atoms with E-state index in [-0.39, 0.29) is 0 Å². The number of amides is 1. The van der Waals surface area contributed by atoms with Gasteiger partial charge in [0.1, 0.15) is 0 Å². The van der Waals surface area contributed by atoms with E-state index in [0.717, 1.165) is 12.2 Å². The Morgan fingerprint density at radius 2 is 2.00 bits per heavy atom. The summed E-state index contributed by atoms with van der Waals surface area (Å²) in [5, 5.41) is 10.8. The zero-order valence-electron chi connectivity index (χ0n) is 8.31. The molecule has 0 saturated heterocycles. The number of hydrogen-bond donors (Lipinski definition) is 2. The lowest BCUT2D eigenvalue weighted by Gasteiger charge is -2.04. The number of nitrogens with one attached hydrogen (secondary N) is 1. The van der Waals surface area contributed by atoms with E-state index in [2.05, 4.69) is 11.2 Å². The maximum absolute atomic E-state index is 11.3. The van der Waals surface area contributed by atoms with E-state index in [0.29, 0.717) is 11.3 Å². The first-order chi connectivity index (χ1) is 7.63. The van der Waals surface area contributed by atoms with Crippen molar-refractivity contribution in [2.24, 2.45) is 0 Å². The number of para-hydroxylation sites is 1. The number of benzene rings is 1. The summed E-state index contributed by atoms with van der Waals surface area (Å²) in [4.78, 5) is 21.4. The normalized spacial score (nSPS) is 9.69. The summed E-state index contributed by atoms with van der Waals surface area (Å²) in [7, 11) is 0. The molecular weight excluding hydrogens is 206 g/mol. The van der Waals surface area contributed by atoms with Gasteiger partial charge in [-0.3, -0.25) is 4.79 Å². The fourth-order valence-corrected chi connectivity index (χ4v) is 1.04. The Morgan fingerprint density at radius 3 is 2.62 bits per heavy atom. The number of carboxylic acid groups (broad SMARTS) is 1. The van der Waals surface area contributed by atoms with Crippen molar-refractivity contribution >= 4 is 17.6 Å². The average molecular weight is 215 g/mol. The molecule has 2 N–H and O–H groups in total. The first kappa shape index (κ1) is 11.5. The summed E-state index contributed by atoms with van der Waals surface area (Å²) in [5.74, 6) is 0.694. The van der Waals surface area contributed by atoms with Gasteiger partial charge in [0.05, 0.1) is 5.69 Å². The minimum atomic E-state index is -1.18. The van der Waals surface area contributed by atoms with Crippen LogP contribution >= 0.6 is 0 Å². The highest BCUT2D eigenvalue weighted by Gasteiger charge is 2.02. The van der Waals surface area contributed by atoms with Crippen LogP contribution in [0.5, 0.6) is 0 Å². The summed E-state index contributed by atoms with van der Waals surface area (Å²) in [6.45, 7) is 0. The van der Waals surface area contributed by atoms with Gasteiger partial charge in [0.15, 0.2) is 0 Å². The number of aliphatic carboxylic acids is 1. The van der Waals surface area contributed by atoms with Gasteiger partial charge in [0.2, 0.25) is 5.91 Å². The molecule has 0 bridgehead atoms. The van der Waals surface area contributed by atoms with Crippen molar-refractivity contribution in [3.05, 3.63) is 42.0 Å². The molecule has 1 amide bonds. The van der Waals surface area contributed by atoms with Gasteiger partial charge in [-0.05, 0) is 12.1 Å². The predicted octanol–water partition coefficient (Wildman–Crippen LogP) is 1.25. The molecule has 80 valence electrons. The Morgan fingerprint density at radius 1 is 1.31 bits per heavy atom. The largest absolute Gasteiger partial charge is 0.478 e. The Balaban J connectivity index is 2.78. The minimum absolute atomic E-state index is 0.477. The number of carboxylic acids is 1. The summed E-state index contributed by atoms with van der Waals surface area (Å²) in [5.41, 5.74) is 1.02. The van der Waals surface area contributed by atoms with E-state index in [4.69, 9.17) is 11.5 Å². The highest BCUT2D eigenvalue weighted by atomic mass is 16.4. The highest BCUT2D eigenvalue weighted by Crippen LogP contribution is 2.13. The molecule has 4 heteroatoms.